The van der Waals surface area contributed by atoms with E-state index in [-0.39, 0.29) is 44.4 Å². The third-order valence-electron chi connectivity index (χ3n) is 2.61. The van der Waals surface area contributed by atoms with E-state index in [1.807, 2.05) is 41.5 Å². The molecule has 0 fully saturated rings. The third-order valence-corrected chi connectivity index (χ3v) is 2.61. The standard InChI is InChI=1S/C16H32F2N2O3/c1-15(2,3)20-8-13(18)10-22-9-12(17)7-19-14(21)11-23-16(4,5)6/h12-13,20H,7-11H2,1-6H3,(H,19,21). The molecule has 2 N–H and O–H groups in total. The molecule has 0 spiro atoms. The summed E-state index contributed by atoms with van der Waals surface area (Å²) in [5.74, 6) is -0.389. The summed E-state index contributed by atoms with van der Waals surface area (Å²) in [5.41, 5.74) is -0.598. The number of ether oxygens (including phenoxy) is 2. The van der Waals surface area contributed by atoms with Gasteiger partial charge in [-0.1, -0.05) is 0 Å². The first kappa shape index (κ1) is 22.2. The molecule has 0 heterocycles. The molecule has 0 aromatic rings. The van der Waals surface area contributed by atoms with E-state index in [9.17, 15) is 13.6 Å². The minimum Gasteiger partial charge on any atom is -0.375 e. The summed E-state index contributed by atoms with van der Waals surface area (Å²) in [6.07, 6.45) is -2.58. The number of amides is 1. The van der Waals surface area contributed by atoms with E-state index in [4.69, 9.17) is 9.47 Å². The number of carbonyl (C=O) groups is 1. The summed E-state index contributed by atoms with van der Waals surface area (Å²) < 4.78 is 37.3. The number of halogens is 2. The average molecular weight is 338 g/mol. The van der Waals surface area contributed by atoms with Crippen molar-refractivity contribution in [1.82, 2.24) is 10.6 Å². The van der Waals surface area contributed by atoms with E-state index < -0.39 is 17.9 Å². The van der Waals surface area contributed by atoms with Crippen LogP contribution >= 0.6 is 0 Å². The van der Waals surface area contributed by atoms with Crippen molar-refractivity contribution in [2.75, 3.05) is 32.9 Å². The van der Waals surface area contributed by atoms with E-state index in [1.54, 1.807) is 0 Å². The normalized spacial score (nSPS) is 15.3. The molecule has 0 aromatic carbocycles. The van der Waals surface area contributed by atoms with Crippen molar-refractivity contribution in [2.24, 2.45) is 0 Å². The number of hydrogen-bond acceptors (Lipinski definition) is 4. The van der Waals surface area contributed by atoms with Gasteiger partial charge in [0.25, 0.3) is 0 Å². The zero-order valence-corrected chi connectivity index (χ0v) is 15.2. The highest BCUT2D eigenvalue weighted by Gasteiger charge is 2.16. The van der Waals surface area contributed by atoms with Gasteiger partial charge in [-0.15, -0.1) is 0 Å². The molecule has 0 aromatic heterocycles. The molecule has 2 atom stereocenters. The highest BCUT2D eigenvalue weighted by Crippen LogP contribution is 2.05. The number of alkyl halides is 2. The van der Waals surface area contributed by atoms with Crippen molar-refractivity contribution in [3.05, 3.63) is 0 Å². The van der Waals surface area contributed by atoms with Crippen molar-refractivity contribution >= 4 is 5.91 Å². The van der Waals surface area contributed by atoms with Gasteiger partial charge in [-0.05, 0) is 41.5 Å². The van der Waals surface area contributed by atoms with Gasteiger partial charge in [-0.2, -0.15) is 0 Å². The van der Waals surface area contributed by atoms with Crippen molar-refractivity contribution in [2.45, 2.75) is 65.0 Å². The van der Waals surface area contributed by atoms with Crippen LogP contribution < -0.4 is 10.6 Å². The quantitative estimate of drug-likeness (QED) is 0.640. The number of nitrogens with one attached hydrogen (secondary N) is 2. The average Bonchev–Trinajstić information content (AvgIpc) is 2.39. The lowest BCUT2D eigenvalue weighted by molar-refractivity contribution is -0.130. The van der Waals surface area contributed by atoms with Gasteiger partial charge < -0.3 is 20.1 Å². The Hall–Kier alpha value is -0.790. The topological polar surface area (TPSA) is 59.6 Å². The Bertz CT molecular complexity index is 341. The van der Waals surface area contributed by atoms with Gasteiger partial charge in [-0.25, -0.2) is 8.78 Å². The third kappa shape index (κ3) is 15.9. The summed E-state index contributed by atoms with van der Waals surface area (Å²) in [7, 11) is 0. The zero-order chi connectivity index (χ0) is 18.1. The summed E-state index contributed by atoms with van der Waals surface area (Å²) in [4.78, 5) is 11.4. The monoisotopic (exact) mass is 338 g/mol. The largest absolute Gasteiger partial charge is 0.375 e. The first-order valence-corrected chi connectivity index (χ1v) is 7.90. The lowest BCUT2D eigenvalue weighted by atomic mass is 10.1. The second kappa shape index (κ2) is 10.2. The minimum absolute atomic E-state index is 0.123. The molecule has 0 aliphatic carbocycles. The highest BCUT2D eigenvalue weighted by atomic mass is 19.1. The van der Waals surface area contributed by atoms with Crippen LogP contribution in [0.2, 0.25) is 0 Å². The van der Waals surface area contributed by atoms with Gasteiger partial charge in [0.15, 0.2) is 0 Å². The first-order valence-electron chi connectivity index (χ1n) is 7.90. The van der Waals surface area contributed by atoms with Crippen LogP contribution in [0.15, 0.2) is 0 Å². The lowest BCUT2D eigenvalue weighted by Gasteiger charge is -2.22. The fourth-order valence-corrected chi connectivity index (χ4v) is 1.42. The predicted molar refractivity (Wildman–Crippen MR) is 87.1 cm³/mol. The van der Waals surface area contributed by atoms with Crippen molar-refractivity contribution in [1.29, 1.82) is 0 Å². The first-order chi connectivity index (χ1) is 10.4. The van der Waals surface area contributed by atoms with Crippen LogP contribution in [0.25, 0.3) is 0 Å². The maximum absolute atomic E-state index is 13.5. The van der Waals surface area contributed by atoms with Gasteiger partial charge >= 0.3 is 0 Å². The van der Waals surface area contributed by atoms with E-state index in [2.05, 4.69) is 10.6 Å². The second-order valence-electron chi connectivity index (χ2n) is 7.57. The molecule has 138 valence electrons. The van der Waals surface area contributed by atoms with Crippen LogP contribution in [-0.2, 0) is 14.3 Å². The predicted octanol–water partition coefficient (Wildman–Crippen LogP) is 2.00. The smallest absolute Gasteiger partial charge is 0.246 e. The highest BCUT2D eigenvalue weighted by molar-refractivity contribution is 5.77. The van der Waals surface area contributed by atoms with E-state index in [0.29, 0.717) is 0 Å². The summed E-state index contributed by atoms with van der Waals surface area (Å²) >= 11 is 0. The molecule has 23 heavy (non-hydrogen) atoms. The van der Waals surface area contributed by atoms with Crippen molar-refractivity contribution in [3.63, 3.8) is 0 Å². The lowest BCUT2D eigenvalue weighted by Crippen LogP contribution is -2.41. The fraction of sp³-hybridized carbons (Fsp3) is 0.938. The maximum Gasteiger partial charge on any atom is 0.246 e. The summed E-state index contributed by atoms with van der Waals surface area (Å²) in [6, 6.07) is 0. The molecule has 0 aliphatic rings. The molecular weight excluding hydrogens is 306 g/mol. The Morgan fingerprint density at radius 1 is 1.00 bits per heavy atom. The van der Waals surface area contributed by atoms with Crippen LogP contribution in [0.1, 0.15) is 41.5 Å². The molecule has 0 radical (unpaired) electrons. The summed E-state index contributed by atoms with van der Waals surface area (Å²) in [5, 5.41) is 5.42. The fourth-order valence-electron chi connectivity index (χ4n) is 1.42. The Balaban J connectivity index is 3.71. The van der Waals surface area contributed by atoms with E-state index >= 15 is 0 Å². The number of rotatable bonds is 10. The Morgan fingerprint density at radius 2 is 1.52 bits per heavy atom. The molecule has 0 rings (SSSR count). The van der Waals surface area contributed by atoms with Crippen molar-refractivity contribution < 1.29 is 23.0 Å². The number of hydrogen-bond donors (Lipinski definition) is 2. The molecule has 1 amide bonds. The maximum atomic E-state index is 13.5. The Morgan fingerprint density at radius 3 is 2.00 bits per heavy atom. The Labute approximate surface area is 138 Å². The van der Waals surface area contributed by atoms with E-state index in [1.165, 1.54) is 0 Å². The van der Waals surface area contributed by atoms with E-state index in [0.717, 1.165) is 0 Å². The molecule has 2 unspecified atom stereocenters. The van der Waals surface area contributed by atoms with Gasteiger partial charge in [0.1, 0.15) is 19.0 Å². The molecule has 5 nitrogen and oxygen atoms in total. The zero-order valence-electron chi connectivity index (χ0n) is 15.2. The van der Waals surface area contributed by atoms with Gasteiger partial charge in [0.05, 0.1) is 25.4 Å². The summed E-state index contributed by atoms with van der Waals surface area (Å²) in [6.45, 7) is 10.7. The van der Waals surface area contributed by atoms with Crippen LogP contribution in [0.5, 0.6) is 0 Å². The molecule has 7 heteroatoms. The van der Waals surface area contributed by atoms with Crippen molar-refractivity contribution in [3.8, 4) is 0 Å². The van der Waals surface area contributed by atoms with Gasteiger partial charge in [-0.3, -0.25) is 4.79 Å². The molecule has 0 bridgehead atoms. The van der Waals surface area contributed by atoms with Gasteiger partial charge in [0, 0.05) is 12.1 Å². The molecular formula is C16H32F2N2O3. The molecule has 0 saturated carbocycles. The molecule has 0 saturated heterocycles. The van der Waals surface area contributed by atoms with Crippen LogP contribution in [-0.4, -0.2) is 62.3 Å². The number of carbonyl (C=O) groups excluding carboxylic acids is 1. The second-order valence-corrected chi connectivity index (χ2v) is 7.57. The van der Waals surface area contributed by atoms with Crippen LogP contribution in [0.3, 0.4) is 0 Å². The van der Waals surface area contributed by atoms with Gasteiger partial charge in [0.2, 0.25) is 5.91 Å². The Kier molecular flexibility index (Phi) is 9.80. The van der Waals surface area contributed by atoms with Crippen LogP contribution in [0, 0.1) is 0 Å². The minimum atomic E-state index is -1.38. The molecule has 0 aliphatic heterocycles. The van der Waals surface area contributed by atoms with Crippen LogP contribution in [0.4, 0.5) is 8.78 Å². The SMILES string of the molecule is CC(C)(C)NCC(F)COCC(F)CNC(=O)COC(C)(C)C.